The van der Waals surface area contributed by atoms with Gasteiger partial charge in [0.1, 0.15) is 0 Å². The first-order valence-corrected chi connectivity index (χ1v) is 3.49. The Hall–Kier alpha value is -0.665. The van der Waals surface area contributed by atoms with E-state index in [1.165, 1.54) is 0 Å². The molecule has 0 aromatic rings. The summed E-state index contributed by atoms with van der Waals surface area (Å²) in [7, 11) is 1.82. The first kappa shape index (κ1) is 9.33. The third-order valence-corrected chi connectivity index (χ3v) is 0.749. The standard InChI is InChI=1S/C6H14BNO2/c1-4(2)8-6(9)10-5(3)7/h4-5H,7H2,1-3H3,(H,8,9). The summed E-state index contributed by atoms with van der Waals surface area (Å²) in [5.74, 6) is 0. The van der Waals surface area contributed by atoms with Gasteiger partial charge in [0.25, 0.3) is 0 Å². The zero-order valence-corrected chi connectivity index (χ0v) is 6.97. The summed E-state index contributed by atoms with van der Waals surface area (Å²) >= 11 is 0. The lowest BCUT2D eigenvalue weighted by Crippen LogP contribution is -2.33. The van der Waals surface area contributed by atoms with Crippen molar-refractivity contribution >= 4 is 13.9 Å². The van der Waals surface area contributed by atoms with Crippen molar-refractivity contribution in [3.63, 3.8) is 0 Å². The number of amides is 1. The monoisotopic (exact) mass is 143 g/mol. The molecule has 0 aromatic heterocycles. The lowest BCUT2D eigenvalue weighted by atomic mass is 10.0. The van der Waals surface area contributed by atoms with Crippen LogP contribution in [0, 0.1) is 0 Å². The Morgan fingerprint density at radius 2 is 2.00 bits per heavy atom. The van der Waals surface area contributed by atoms with E-state index in [2.05, 4.69) is 5.32 Å². The molecule has 4 heteroatoms. The zero-order valence-electron chi connectivity index (χ0n) is 6.97. The molecule has 1 atom stereocenters. The van der Waals surface area contributed by atoms with Crippen molar-refractivity contribution in [1.82, 2.24) is 5.32 Å². The van der Waals surface area contributed by atoms with E-state index in [0.717, 1.165) is 0 Å². The zero-order chi connectivity index (χ0) is 8.15. The van der Waals surface area contributed by atoms with Gasteiger partial charge in [-0.3, -0.25) is 0 Å². The minimum absolute atomic E-state index is 0.0428. The van der Waals surface area contributed by atoms with Crippen LogP contribution in [0.15, 0.2) is 0 Å². The van der Waals surface area contributed by atoms with Crippen LogP contribution in [0.25, 0.3) is 0 Å². The fourth-order valence-corrected chi connectivity index (χ4v) is 0.484. The highest BCUT2D eigenvalue weighted by Crippen LogP contribution is 1.86. The van der Waals surface area contributed by atoms with Gasteiger partial charge in [0.2, 0.25) is 0 Å². The number of rotatable bonds is 2. The third-order valence-electron chi connectivity index (χ3n) is 0.749. The second-order valence-electron chi connectivity index (χ2n) is 2.75. The number of alkyl carbamates (subject to hydrolysis) is 1. The lowest BCUT2D eigenvalue weighted by molar-refractivity contribution is 0.136. The molecule has 1 N–H and O–H groups in total. The Labute approximate surface area is 62.5 Å². The van der Waals surface area contributed by atoms with E-state index >= 15 is 0 Å². The molecule has 3 nitrogen and oxygen atoms in total. The number of carbonyl (C=O) groups is 1. The van der Waals surface area contributed by atoms with Gasteiger partial charge in [0, 0.05) is 6.04 Å². The van der Waals surface area contributed by atoms with Crippen LogP contribution in [-0.2, 0) is 4.74 Å². The van der Waals surface area contributed by atoms with Crippen LogP contribution in [0.1, 0.15) is 20.8 Å². The molecule has 0 rings (SSSR count). The second-order valence-corrected chi connectivity index (χ2v) is 2.75. The Morgan fingerprint density at radius 1 is 1.50 bits per heavy atom. The molecular formula is C6H14BNO2. The van der Waals surface area contributed by atoms with E-state index < -0.39 is 0 Å². The molecule has 0 heterocycles. The molecule has 0 aliphatic carbocycles. The Bertz CT molecular complexity index is 102. The quantitative estimate of drug-likeness (QED) is 0.556. The number of ether oxygens (including phenoxy) is 1. The van der Waals surface area contributed by atoms with Gasteiger partial charge < -0.3 is 10.1 Å². The van der Waals surface area contributed by atoms with Crippen LogP contribution in [0.4, 0.5) is 4.79 Å². The van der Waals surface area contributed by atoms with Crippen LogP contribution in [0.3, 0.4) is 0 Å². The first-order valence-electron chi connectivity index (χ1n) is 3.49. The third kappa shape index (κ3) is 5.47. The number of hydrogen-bond donors (Lipinski definition) is 1. The molecule has 58 valence electrons. The molecule has 0 fully saturated rings. The molecule has 1 amide bonds. The lowest BCUT2D eigenvalue weighted by Gasteiger charge is -2.11. The van der Waals surface area contributed by atoms with Gasteiger partial charge in [-0.25, -0.2) is 4.79 Å². The van der Waals surface area contributed by atoms with E-state index in [1.54, 1.807) is 0 Å². The topological polar surface area (TPSA) is 38.3 Å². The fourth-order valence-electron chi connectivity index (χ4n) is 0.484. The highest BCUT2D eigenvalue weighted by atomic mass is 16.6. The maximum absolute atomic E-state index is 10.7. The van der Waals surface area contributed by atoms with Crippen LogP contribution in [-0.4, -0.2) is 26.0 Å². The second kappa shape index (κ2) is 4.20. The average molecular weight is 143 g/mol. The van der Waals surface area contributed by atoms with Crippen molar-refractivity contribution in [3.8, 4) is 0 Å². The van der Waals surface area contributed by atoms with Gasteiger partial charge in [0.15, 0.2) is 7.85 Å². The molecule has 0 spiro atoms. The summed E-state index contributed by atoms with van der Waals surface area (Å²) < 4.78 is 4.81. The molecule has 0 aliphatic rings. The van der Waals surface area contributed by atoms with Gasteiger partial charge in [0.05, 0.1) is 6.00 Å². The molecule has 0 saturated heterocycles. The molecule has 0 bridgehead atoms. The largest absolute Gasteiger partial charge is 0.456 e. The molecule has 0 aromatic carbocycles. The first-order chi connectivity index (χ1) is 4.52. The molecule has 0 radical (unpaired) electrons. The Morgan fingerprint density at radius 3 is 2.30 bits per heavy atom. The van der Waals surface area contributed by atoms with E-state index in [0.29, 0.717) is 0 Å². The van der Waals surface area contributed by atoms with E-state index in [9.17, 15) is 4.79 Å². The summed E-state index contributed by atoms with van der Waals surface area (Å²) in [5, 5.41) is 2.61. The SMILES string of the molecule is BC(C)OC(=O)NC(C)C. The van der Waals surface area contributed by atoms with Crippen LogP contribution >= 0.6 is 0 Å². The van der Waals surface area contributed by atoms with Gasteiger partial charge in [-0.15, -0.1) is 0 Å². The van der Waals surface area contributed by atoms with E-state index in [4.69, 9.17) is 4.74 Å². The number of hydrogen-bond acceptors (Lipinski definition) is 2. The van der Waals surface area contributed by atoms with Crippen molar-refractivity contribution in [2.24, 2.45) is 0 Å². The Balaban J connectivity index is 3.44. The molecular weight excluding hydrogens is 129 g/mol. The summed E-state index contributed by atoms with van der Waals surface area (Å²) in [6.07, 6.45) is -0.343. The Kier molecular flexibility index (Phi) is 3.92. The normalized spacial score (nSPS) is 12.8. The fraction of sp³-hybridized carbons (Fsp3) is 0.833. The summed E-state index contributed by atoms with van der Waals surface area (Å²) in [6, 6.07) is 0.102. The highest BCUT2D eigenvalue weighted by Gasteiger charge is 2.04. The summed E-state index contributed by atoms with van der Waals surface area (Å²) in [6.45, 7) is 5.60. The predicted octanol–water partition coefficient (Wildman–Crippen LogP) is 0.100. The molecule has 10 heavy (non-hydrogen) atoms. The molecule has 1 unspecified atom stereocenters. The van der Waals surface area contributed by atoms with Crippen molar-refractivity contribution < 1.29 is 9.53 Å². The van der Waals surface area contributed by atoms with Gasteiger partial charge >= 0.3 is 6.09 Å². The van der Waals surface area contributed by atoms with E-state index in [-0.39, 0.29) is 18.1 Å². The van der Waals surface area contributed by atoms with Crippen LogP contribution < -0.4 is 5.32 Å². The van der Waals surface area contributed by atoms with Crippen molar-refractivity contribution in [3.05, 3.63) is 0 Å². The maximum atomic E-state index is 10.7. The smallest absolute Gasteiger partial charge is 0.406 e. The average Bonchev–Trinajstić information content (AvgIpc) is 1.58. The van der Waals surface area contributed by atoms with Crippen LogP contribution in [0.2, 0.25) is 0 Å². The minimum Gasteiger partial charge on any atom is -0.456 e. The van der Waals surface area contributed by atoms with Crippen LogP contribution in [0.5, 0.6) is 0 Å². The van der Waals surface area contributed by atoms with E-state index in [1.807, 2.05) is 28.6 Å². The van der Waals surface area contributed by atoms with Crippen molar-refractivity contribution in [2.75, 3.05) is 0 Å². The van der Waals surface area contributed by atoms with Gasteiger partial charge in [-0.05, 0) is 20.8 Å². The molecule has 0 aliphatic heterocycles. The van der Waals surface area contributed by atoms with Crippen molar-refractivity contribution in [1.29, 1.82) is 0 Å². The summed E-state index contributed by atoms with van der Waals surface area (Å²) in [5.41, 5.74) is 0. The number of nitrogens with one attached hydrogen (secondary N) is 1. The maximum Gasteiger partial charge on any atom is 0.406 e. The number of carbonyl (C=O) groups excluding carboxylic acids is 1. The summed E-state index contributed by atoms with van der Waals surface area (Å²) in [4.78, 5) is 10.7. The van der Waals surface area contributed by atoms with Gasteiger partial charge in [-0.1, -0.05) is 0 Å². The van der Waals surface area contributed by atoms with Crippen molar-refractivity contribution in [2.45, 2.75) is 32.8 Å². The van der Waals surface area contributed by atoms with Gasteiger partial charge in [-0.2, -0.15) is 0 Å². The molecule has 0 saturated carbocycles. The minimum atomic E-state index is -0.343. The predicted molar refractivity (Wildman–Crippen MR) is 42.8 cm³/mol. The highest BCUT2D eigenvalue weighted by molar-refractivity contribution is 6.11.